The second-order valence-corrected chi connectivity index (χ2v) is 5.79. The van der Waals surface area contributed by atoms with E-state index in [1.807, 2.05) is 6.92 Å². The van der Waals surface area contributed by atoms with Crippen LogP contribution < -0.4 is 0 Å². The number of amides is 1. The van der Waals surface area contributed by atoms with E-state index < -0.39 is 29.0 Å². The van der Waals surface area contributed by atoms with E-state index >= 15 is 0 Å². The van der Waals surface area contributed by atoms with Crippen molar-refractivity contribution in [3.63, 3.8) is 0 Å². The first-order valence-electron chi connectivity index (χ1n) is 6.50. The maximum atomic E-state index is 13.7. The van der Waals surface area contributed by atoms with E-state index in [-0.39, 0.29) is 17.8 Å². The summed E-state index contributed by atoms with van der Waals surface area (Å²) in [7, 11) is 0. The average molecular weight is 324 g/mol. The molecule has 21 heavy (non-hydrogen) atoms. The molecule has 0 aliphatic carbocycles. The molecule has 1 aliphatic rings. The minimum Gasteiger partial charge on any atom is -0.337 e. The molecule has 0 aromatic heterocycles. The third-order valence-electron chi connectivity index (χ3n) is 3.68. The Morgan fingerprint density at radius 1 is 1.38 bits per heavy atom. The van der Waals surface area contributed by atoms with Gasteiger partial charge in [-0.25, -0.2) is 4.39 Å². The lowest BCUT2D eigenvalue weighted by Gasteiger charge is -2.34. The Balaban J connectivity index is 2.27. The summed E-state index contributed by atoms with van der Waals surface area (Å²) in [5.74, 6) is -1.50. The van der Waals surface area contributed by atoms with Gasteiger partial charge in [-0.1, -0.05) is 6.92 Å². The van der Waals surface area contributed by atoms with Gasteiger partial charge < -0.3 is 4.90 Å². The van der Waals surface area contributed by atoms with E-state index in [4.69, 9.17) is 11.6 Å². The van der Waals surface area contributed by atoms with E-state index in [0.717, 1.165) is 0 Å². The van der Waals surface area contributed by atoms with E-state index in [2.05, 4.69) is 0 Å². The number of carbonyl (C=O) groups excluding carboxylic acids is 1. The van der Waals surface area contributed by atoms with Gasteiger partial charge in [0.2, 0.25) is 0 Å². The maximum Gasteiger partial charge on any atom is 0.416 e. The Morgan fingerprint density at radius 2 is 2.05 bits per heavy atom. The topological polar surface area (TPSA) is 20.3 Å². The van der Waals surface area contributed by atoms with Gasteiger partial charge in [0.15, 0.2) is 0 Å². The van der Waals surface area contributed by atoms with Crippen molar-refractivity contribution < 1.29 is 22.4 Å². The van der Waals surface area contributed by atoms with Crippen LogP contribution in [-0.2, 0) is 6.18 Å². The molecule has 0 radical (unpaired) electrons. The molecule has 7 heteroatoms. The van der Waals surface area contributed by atoms with Crippen molar-refractivity contribution in [1.29, 1.82) is 0 Å². The zero-order valence-corrected chi connectivity index (χ0v) is 12.0. The number of piperidine rings is 1. The summed E-state index contributed by atoms with van der Waals surface area (Å²) >= 11 is 6.07. The van der Waals surface area contributed by atoms with Gasteiger partial charge in [-0.2, -0.15) is 13.2 Å². The van der Waals surface area contributed by atoms with Gasteiger partial charge in [-0.15, -0.1) is 11.6 Å². The number of hydrogen-bond donors (Lipinski definition) is 0. The van der Waals surface area contributed by atoms with Gasteiger partial charge >= 0.3 is 6.18 Å². The number of likely N-dealkylation sites (tertiary alicyclic amines) is 1. The molecular formula is C14H14ClF4NO. The molecule has 1 aromatic carbocycles. The van der Waals surface area contributed by atoms with Crippen LogP contribution in [0.3, 0.4) is 0 Å². The van der Waals surface area contributed by atoms with Gasteiger partial charge in [-0.3, -0.25) is 4.79 Å². The van der Waals surface area contributed by atoms with E-state index in [0.29, 0.717) is 31.2 Å². The monoisotopic (exact) mass is 323 g/mol. The van der Waals surface area contributed by atoms with Gasteiger partial charge in [0.05, 0.1) is 16.5 Å². The maximum absolute atomic E-state index is 13.7. The number of alkyl halides is 4. The molecule has 2 nitrogen and oxygen atoms in total. The highest BCUT2D eigenvalue weighted by Gasteiger charge is 2.34. The first-order valence-corrected chi connectivity index (χ1v) is 6.94. The average Bonchev–Trinajstić information content (AvgIpc) is 2.40. The fraction of sp³-hybridized carbons (Fsp3) is 0.500. The molecular weight excluding hydrogens is 310 g/mol. The molecule has 0 saturated carbocycles. The molecule has 1 fully saturated rings. The summed E-state index contributed by atoms with van der Waals surface area (Å²) in [4.78, 5) is 13.5. The van der Waals surface area contributed by atoms with Crippen LogP contribution in [-0.4, -0.2) is 29.3 Å². The molecule has 1 aromatic rings. The Morgan fingerprint density at radius 3 is 2.62 bits per heavy atom. The van der Waals surface area contributed by atoms with E-state index in [9.17, 15) is 22.4 Å². The Kier molecular flexibility index (Phi) is 4.46. The highest BCUT2D eigenvalue weighted by molar-refractivity contribution is 6.21. The minimum absolute atomic E-state index is 0.206. The summed E-state index contributed by atoms with van der Waals surface area (Å²) in [5.41, 5.74) is -1.61. The predicted octanol–water partition coefficient (Wildman–Crippen LogP) is 3.93. The van der Waals surface area contributed by atoms with Gasteiger partial charge in [-0.05, 0) is 30.5 Å². The fourth-order valence-electron chi connectivity index (χ4n) is 2.24. The summed E-state index contributed by atoms with van der Waals surface area (Å²) in [6.45, 7) is 2.50. The SMILES string of the molecule is CC1CCN(C(=O)c2cc(C(F)(F)F)ccc2F)CC1Cl. The molecule has 116 valence electrons. The summed E-state index contributed by atoms with van der Waals surface area (Å²) in [6, 6.07) is 1.84. The first kappa shape index (κ1) is 16.1. The van der Waals surface area contributed by atoms with Crippen LogP contribution in [0.25, 0.3) is 0 Å². The fourth-order valence-corrected chi connectivity index (χ4v) is 2.53. The van der Waals surface area contributed by atoms with Crippen LogP contribution in [0.1, 0.15) is 29.3 Å². The van der Waals surface area contributed by atoms with Gasteiger partial charge in [0.1, 0.15) is 5.82 Å². The molecule has 2 atom stereocenters. The summed E-state index contributed by atoms with van der Waals surface area (Å²) in [5, 5.41) is -0.281. The third-order valence-corrected chi connectivity index (χ3v) is 4.25. The van der Waals surface area contributed by atoms with Crippen molar-refractivity contribution in [2.45, 2.75) is 24.9 Å². The number of rotatable bonds is 1. The normalized spacial score (nSPS) is 23.2. The van der Waals surface area contributed by atoms with Crippen molar-refractivity contribution in [1.82, 2.24) is 4.90 Å². The molecule has 1 saturated heterocycles. The zero-order valence-electron chi connectivity index (χ0n) is 11.3. The Hall–Kier alpha value is -1.30. The Labute approximate surface area is 124 Å². The number of hydrogen-bond acceptors (Lipinski definition) is 1. The molecule has 2 rings (SSSR count). The zero-order chi connectivity index (χ0) is 15.8. The quantitative estimate of drug-likeness (QED) is 0.566. The van der Waals surface area contributed by atoms with Crippen molar-refractivity contribution >= 4 is 17.5 Å². The predicted molar refractivity (Wildman–Crippen MR) is 70.7 cm³/mol. The van der Waals surface area contributed by atoms with Crippen LogP contribution >= 0.6 is 11.6 Å². The number of benzene rings is 1. The van der Waals surface area contributed by atoms with Crippen LogP contribution in [0.4, 0.5) is 17.6 Å². The molecule has 0 spiro atoms. The summed E-state index contributed by atoms with van der Waals surface area (Å²) in [6.07, 6.45) is -3.98. The largest absolute Gasteiger partial charge is 0.416 e. The molecule has 2 unspecified atom stereocenters. The summed E-state index contributed by atoms with van der Waals surface area (Å²) < 4.78 is 51.6. The highest BCUT2D eigenvalue weighted by Crippen LogP contribution is 2.31. The van der Waals surface area contributed by atoms with Gasteiger partial charge in [0.25, 0.3) is 5.91 Å². The lowest BCUT2D eigenvalue weighted by Crippen LogP contribution is -2.44. The third kappa shape index (κ3) is 3.48. The molecule has 1 aliphatic heterocycles. The second-order valence-electron chi connectivity index (χ2n) is 5.23. The molecule has 1 heterocycles. The minimum atomic E-state index is -4.62. The number of nitrogens with zero attached hydrogens (tertiary/aromatic N) is 1. The molecule has 0 bridgehead atoms. The Bertz CT molecular complexity index is 546. The van der Waals surface area contributed by atoms with Crippen molar-refractivity contribution in [2.75, 3.05) is 13.1 Å². The van der Waals surface area contributed by atoms with E-state index in [1.165, 1.54) is 4.90 Å². The number of halogens is 5. The highest BCUT2D eigenvalue weighted by atomic mass is 35.5. The van der Waals surface area contributed by atoms with Crippen molar-refractivity contribution in [3.05, 3.63) is 35.1 Å². The lowest BCUT2D eigenvalue weighted by atomic mass is 9.97. The van der Waals surface area contributed by atoms with Crippen molar-refractivity contribution in [2.24, 2.45) is 5.92 Å². The van der Waals surface area contributed by atoms with Crippen LogP contribution in [0.2, 0.25) is 0 Å². The standard InChI is InChI=1S/C14H14ClF4NO/c1-8-4-5-20(7-11(8)15)13(21)10-6-9(14(17,18)19)2-3-12(10)16/h2-3,6,8,11H,4-5,7H2,1H3. The van der Waals surface area contributed by atoms with Gasteiger partial charge in [0, 0.05) is 13.1 Å². The number of carbonyl (C=O) groups is 1. The van der Waals surface area contributed by atoms with Crippen LogP contribution in [0, 0.1) is 11.7 Å². The lowest BCUT2D eigenvalue weighted by molar-refractivity contribution is -0.137. The molecule has 0 N–H and O–H groups in total. The van der Waals surface area contributed by atoms with Crippen LogP contribution in [0.15, 0.2) is 18.2 Å². The molecule has 1 amide bonds. The first-order chi connectivity index (χ1) is 9.70. The smallest absolute Gasteiger partial charge is 0.337 e. The second kappa shape index (κ2) is 5.83. The van der Waals surface area contributed by atoms with E-state index in [1.54, 1.807) is 0 Å². The van der Waals surface area contributed by atoms with Crippen LogP contribution in [0.5, 0.6) is 0 Å². The van der Waals surface area contributed by atoms with Crippen molar-refractivity contribution in [3.8, 4) is 0 Å².